The van der Waals surface area contributed by atoms with Crippen LogP contribution in [-0.2, 0) is 0 Å². The highest BCUT2D eigenvalue weighted by atomic mass is 16.5. The molecule has 0 saturated heterocycles. The van der Waals surface area contributed by atoms with Gasteiger partial charge < -0.3 is 14.7 Å². The zero-order valence-corrected chi connectivity index (χ0v) is 11.2. The van der Waals surface area contributed by atoms with Crippen LogP contribution in [0.3, 0.4) is 0 Å². The molecule has 1 aromatic heterocycles. The maximum atomic E-state index is 9.31. The summed E-state index contributed by atoms with van der Waals surface area (Å²) in [5.41, 5.74) is 0. The minimum Gasteiger partial charge on any atom is -0.490 e. The van der Waals surface area contributed by atoms with Gasteiger partial charge in [0.15, 0.2) is 11.6 Å². The Morgan fingerprint density at radius 2 is 2.28 bits per heavy atom. The van der Waals surface area contributed by atoms with Crippen molar-refractivity contribution in [1.29, 1.82) is 0 Å². The molecule has 1 saturated carbocycles. The second-order valence-electron chi connectivity index (χ2n) is 5.05. The number of rotatable bonds is 6. The molecule has 100 valence electrons. The van der Waals surface area contributed by atoms with Gasteiger partial charge in [-0.05, 0) is 37.3 Å². The van der Waals surface area contributed by atoms with Gasteiger partial charge in [-0.1, -0.05) is 6.92 Å². The van der Waals surface area contributed by atoms with Crippen molar-refractivity contribution in [2.45, 2.75) is 32.3 Å². The summed E-state index contributed by atoms with van der Waals surface area (Å²) in [6.45, 7) is 3.74. The SMILES string of the molecule is CCCOc1cccnc1N(C)CC1CC(O)C1. The van der Waals surface area contributed by atoms with Crippen molar-refractivity contribution in [2.24, 2.45) is 5.92 Å². The highest BCUT2D eigenvalue weighted by Gasteiger charge is 2.28. The number of ether oxygens (including phenoxy) is 1. The van der Waals surface area contributed by atoms with Gasteiger partial charge in [0.2, 0.25) is 0 Å². The van der Waals surface area contributed by atoms with E-state index in [0.29, 0.717) is 12.5 Å². The molecule has 1 N–H and O–H groups in total. The topological polar surface area (TPSA) is 45.6 Å². The fourth-order valence-corrected chi connectivity index (χ4v) is 2.32. The summed E-state index contributed by atoms with van der Waals surface area (Å²) in [5, 5.41) is 9.31. The molecular weight excluding hydrogens is 228 g/mol. The largest absolute Gasteiger partial charge is 0.490 e. The number of hydrogen-bond donors (Lipinski definition) is 1. The summed E-state index contributed by atoms with van der Waals surface area (Å²) in [5.74, 6) is 2.32. The number of hydrogen-bond acceptors (Lipinski definition) is 4. The zero-order valence-electron chi connectivity index (χ0n) is 11.2. The quantitative estimate of drug-likeness (QED) is 0.839. The molecule has 0 bridgehead atoms. The molecule has 0 spiro atoms. The first-order chi connectivity index (χ1) is 8.70. The molecule has 18 heavy (non-hydrogen) atoms. The van der Waals surface area contributed by atoms with E-state index in [9.17, 15) is 5.11 Å². The third kappa shape index (κ3) is 3.13. The molecule has 4 nitrogen and oxygen atoms in total. The standard InChI is InChI=1S/C14H22N2O2/c1-3-7-18-13-5-4-6-15-14(13)16(2)10-11-8-12(17)9-11/h4-6,11-12,17H,3,7-10H2,1-2H3. The van der Waals surface area contributed by atoms with Gasteiger partial charge in [0, 0.05) is 19.8 Å². The summed E-state index contributed by atoms with van der Waals surface area (Å²) in [6.07, 6.45) is 4.50. The van der Waals surface area contributed by atoms with Gasteiger partial charge in [-0.25, -0.2) is 4.98 Å². The van der Waals surface area contributed by atoms with E-state index in [0.717, 1.165) is 37.4 Å². The monoisotopic (exact) mass is 250 g/mol. The average Bonchev–Trinajstić information content (AvgIpc) is 2.34. The van der Waals surface area contributed by atoms with E-state index < -0.39 is 0 Å². The Labute approximate surface area is 109 Å². The molecule has 1 aromatic rings. The Hall–Kier alpha value is -1.29. The van der Waals surface area contributed by atoms with Gasteiger partial charge in [0.1, 0.15) is 0 Å². The minimum absolute atomic E-state index is 0.0945. The Morgan fingerprint density at radius 1 is 1.50 bits per heavy atom. The van der Waals surface area contributed by atoms with Crippen molar-refractivity contribution >= 4 is 5.82 Å². The van der Waals surface area contributed by atoms with Crippen molar-refractivity contribution in [1.82, 2.24) is 4.98 Å². The molecule has 1 aliphatic carbocycles. The highest BCUT2D eigenvalue weighted by Crippen LogP contribution is 2.31. The summed E-state index contributed by atoms with van der Waals surface area (Å²) in [4.78, 5) is 6.53. The van der Waals surface area contributed by atoms with Gasteiger partial charge in [-0.15, -0.1) is 0 Å². The third-order valence-electron chi connectivity index (χ3n) is 3.32. The molecule has 0 radical (unpaired) electrons. The first-order valence-electron chi connectivity index (χ1n) is 6.67. The third-order valence-corrected chi connectivity index (χ3v) is 3.32. The molecule has 0 atom stereocenters. The van der Waals surface area contributed by atoms with Crippen LogP contribution in [-0.4, -0.2) is 36.4 Å². The first kappa shape index (κ1) is 13.1. The van der Waals surface area contributed by atoms with Crippen LogP contribution in [0.4, 0.5) is 5.82 Å². The second kappa shape index (κ2) is 6.05. The van der Waals surface area contributed by atoms with Crippen LogP contribution >= 0.6 is 0 Å². The van der Waals surface area contributed by atoms with Crippen LogP contribution in [0.5, 0.6) is 5.75 Å². The lowest BCUT2D eigenvalue weighted by molar-refractivity contribution is 0.0464. The van der Waals surface area contributed by atoms with Crippen LogP contribution in [0.15, 0.2) is 18.3 Å². The normalized spacial score (nSPS) is 22.4. The molecule has 1 heterocycles. The Bertz CT molecular complexity index is 378. The van der Waals surface area contributed by atoms with Gasteiger partial charge in [0.05, 0.1) is 12.7 Å². The minimum atomic E-state index is -0.0945. The lowest BCUT2D eigenvalue weighted by Gasteiger charge is -2.35. The number of aromatic nitrogens is 1. The average molecular weight is 250 g/mol. The van der Waals surface area contributed by atoms with E-state index in [2.05, 4.69) is 16.8 Å². The summed E-state index contributed by atoms with van der Waals surface area (Å²) < 4.78 is 5.71. The molecule has 1 aliphatic rings. The first-order valence-corrected chi connectivity index (χ1v) is 6.67. The molecule has 0 amide bonds. The summed E-state index contributed by atoms with van der Waals surface area (Å²) in [7, 11) is 2.03. The molecular formula is C14H22N2O2. The maximum absolute atomic E-state index is 9.31. The summed E-state index contributed by atoms with van der Waals surface area (Å²) >= 11 is 0. The molecule has 0 aromatic carbocycles. The maximum Gasteiger partial charge on any atom is 0.171 e. The van der Waals surface area contributed by atoms with E-state index in [4.69, 9.17) is 4.74 Å². The van der Waals surface area contributed by atoms with E-state index in [1.165, 1.54) is 0 Å². The lowest BCUT2D eigenvalue weighted by atomic mass is 9.82. The summed E-state index contributed by atoms with van der Waals surface area (Å²) in [6, 6.07) is 3.86. The fourth-order valence-electron chi connectivity index (χ4n) is 2.32. The molecule has 0 unspecified atom stereocenters. The van der Waals surface area contributed by atoms with E-state index in [1.54, 1.807) is 6.20 Å². The number of pyridine rings is 1. The molecule has 2 rings (SSSR count). The number of nitrogens with zero attached hydrogens (tertiary/aromatic N) is 2. The van der Waals surface area contributed by atoms with E-state index >= 15 is 0 Å². The van der Waals surface area contributed by atoms with Gasteiger partial charge in [-0.3, -0.25) is 0 Å². The van der Waals surface area contributed by atoms with Crippen LogP contribution in [0, 0.1) is 5.92 Å². The Morgan fingerprint density at radius 3 is 2.94 bits per heavy atom. The van der Waals surface area contributed by atoms with Crippen molar-refractivity contribution in [3.63, 3.8) is 0 Å². The van der Waals surface area contributed by atoms with Gasteiger partial charge in [-0.2, -0.15) is 0 Å². The fraction of sp³-hybridized carbons (Fsp3) is 0.643. The van der Waals surface area contributed by atoms with Crippen molar-refractivity contribution in [2.75, 3.05) is 25.1 Å². The van der Waals surface area contributed by atoms with Crippen LogP contribution in [0.1, 0.15) is 26.2 Å². The zero-order chi connectivity index (χ0) is 13.0. The predicted molar refractivity (Wildman–Crippen MR) is 72.0 cm³/mol. The predicted octanol–water partition coefficient (Wildman–Crippen LogP) is 2.08. The van der Waals surface area contributed by atoms with E-state index in [1.807, 2.05) is 19.2 Å². The van der Waals surface area contributed by atoms with Gasteiger partial charge in [0.25, 0.3) is 0 Å². The lowest BCUT2D eigenvalue weighted by Crippen LogP contribution is -2.37. The Balaban J connectivity index is 1.97. The van der Waals surface area contributed by atoms with Crippen LogP contribution in [0.25, 0.3) is 0 Å². The smallest absolute Gasteiger partial charge is 0.171 e. The van der Waals surface area contributed by atoms with Crippen molar-refractivity contribution in [3.8, 4) is 5.75 Å². The second-order valence-corrected chi connectivity index (χ2v) is 5.05. The highest BCUT2D eigenvalue weighted by molar-refractivity contribution is 5.51. The molecule has 4 heteroatoms. The van der Waals surface area contributed by atoms with E-state index in [-0.39, 0.29) is 6.10 Å². The molecule has 0 aliphatic heterocycles. The van der Waals surface area contributed by atoms with Crippen molar-refractivity contribution in [3.05, 3.63) is 18.3 Å². The van der Waals surface area contributed by atoms with Crippen LogP contribution < -0.4 is 9.64 Å². The number of anilines is 1. The van der Waals surface area contributed by atoms with Crippen molar-refractivity contribution < 1.29 is 9.84 Å². The molecule has 1 fully saturated rings. The van der Waals surface area contributed by atoms with Crippen LogP contribution in [0.2, 0.25) is 0 Å². The number of aliphatic hydroxyl groups excluding tert-OH is 1. The Kier molecular flexibility index (Phi) is 4.42. The van der Waals surface area contributed by atoms with Gasteiger partial charge >= 0.3 is 0 Å². The number of aliphatic hydroxyl groups is 1.